The SMILES string of the molecule is CCc1[nH]ncc1C(=O)N[C@H](C)c1nncn1CCOC. The number of aryl methyl sites for hydroxylation is 1. The van der Waals surface area contributed by atoms with Gasteiger partial charge in [0, 0.05) is 19.3 Å². The first-order valence-corrected chi connectivity index (χ1v) is 6.87. The molecule has 0 bridgehead atoms. The van der Waals surface area contributed by atoms with E-state index in [2.05, 4.69) is 25.7 Å². The van der Waals surface area contributed by atoms with E-state index in [9.17, 15) is 4.79 Å². The minimum absolute atomic E-state index is 0.172. The van der Waals surface area contributed by atoms with Gasteiger partial charge in [-0.25, -0.2) is 0 Å². The van der Waals surface area contributed by atoms with Gasteiger partial charge in [-0.3, -0.25) is 9.89 Å². The van der Waals surface area contributed by atoms with Gasteiger partial charge in [-0.2, -0.15) is 5.10 Å². The van der Waals surface area contributed by atoms with Crippen molar-refractivity contribution in [2.24, 2.45) is 0 Å². The summed E-state index contributed by atoms with van der Waals surface area (Å²) in [6.07, 6.45) is 3.89. The largest absolute Gasteiger partial charge is 0.383 e. The first kappa shape index (κ1) is 15.2. The molecule has 2 aromatic rings. The molecule has 0 fully saturated rings. The van der Waals surface area contributed by atoms with E-state index in [1.54, 1.807) is 13.4 Å². The zero-order valence-electron chi connectivity index (χ0n) is 12.5. The van der Waals surface area contributed by atoms with Crippen LogP contribution in [-0.4, -0.2) is 44.6 Å². The molecule has 8 nitrogen and oxygen atoms in total. The summed E-state index contributed by atoms with van der Waals surface area (Å²) in [6, 6.07) is -0.253. The third kappa shape index (κ3) is 3.46. The number of H-pyrrole nitrogens is 1. The summed E-state index contributed by atoms with van der Waals surface area (Å²) in [4.78, 5) is 12.3. The molecule has 8 heteroatoms. The number of ether oxygens (including phenoxy) is 1. The summed E-state index contributed by atoms with van der Waals surface area (Å²) < 4.78 is 6.91. The maximum Gasteiger partial charge on any atom is 0.255 e. The number of aromatic nitrogens is 5. The van der Waals surface area contributed by atoms with E-state index in [4.69, 9.17) is 4.74 Å². The number of carbonyl (C=O) groups is 1. The minimum Gasteiger partial charge on any atom is -0.383 e. The molecule has 0 unspecified atom stereocenters. The van der Waals surface area contributed by atoms with Crippen LogP contribution in [0.25, 0.3) is 0 Å². The molecule has 0 spiro atoms. The van der Waals surface area contributed by atoms with Gasteiger partial charge in [-0.1, -0.05) is 6.92 Å². The number of rotatable bonds is 7. The first-order chi connectivity index (χ1) is 10.2. The molecule has 2 rings (SSSR count). The Balaban J connectivity index is 2.06. The quantitative estimate of drug-likeness (QED) is 0.783. The van der Waals surface area contributed by atoms with E-state index >= 15 is 0 Å². The zero-order valence-corrected chi connectivity index (χ0v) is 12.5. The number of amides is 1. The molecular weight excluding hydrogens is 272 g/mol. The van der Waals surface area contributed by atoms with Crippen LogP contribution in [-0.2, 0) is 17.7 Å². The molecule has 0 saturated heterocycles. The molecule has 0 radical (unpaired) electrons. The molecular formula is C13H20N6O2. The summed E-state index contributed by atoms with van der Waals surface area (Å²) in [5, 5.41) is 17.6. The number of methoxy groups -OCH3 is 1. The van der Waals surface area contributed by atoms with Crippen LogP contribution in [0, 0.1) is 0 Å². The predicted molar refractivity (Wildman–Crippen MR) is 75.7 cm³/mol. The Kier molecular flexibility index (Phi) is 5.04. The molecule has 2 aromatic heterocycles. The third-order valence-corrected chi connectivity index (χ3v) is 3.23. The average Bonchev–Trinajstić information content (AvgIpc) is 3.13. The van der Waals surface area contributed by atoms with Crippen LogP contribution in [0.4, 0.5) is 0 Å². The summed E-state index contributed by atoms with van der Waals surface area (Å²) >= 11 is 0. The van der Waals surface area contributed by atoms with E-state index in [0.717, 1.165) is 12.1 Å². The zero-order chi connectivity index (χ0) is 15.2. The fourth-order valence-corrected chi connectivity index (χ4v) is 2.08. The molecule has 1 atom stereocenters. The highest BCUT2D eigenvalue weighted by atomic mass is 16.5. The second kappa shape index (κ2) is 6.98. The van der Waals surface area contributed by atoms with Crippen LogP contribution < -0.4 is 5.32 Å². The Morgan fingerprint density at radius 3 is 3.10 bits per heavy atom. The van der Waals surface area contributed by atoms with Crippen LogP contribution in [0.3, 0.4) is 0 Å². The molecule has 21 heavy (non-hydrogen) atoms. The van der Waals surface area contributed by atoms with Crippen LogP contribution in [0.5, 0.6) is 0 Å². The highest BCUT2D eigenvalue weighted by Crippen LogP contribution is 2.12. The van der Waals surface area contributed by atoms with Crippen molar-refractivity contribution in [3.05, 3.63) is 29.6 Å². The van der Waals surface area contributed by atoms with Crippen LogP contribution >= 0.6 is 0 Å². The summed E-state index contributed by atoms with van der Waals surface area (Å²) in [6.45, 7) is 5.05. The van der Waals surface area contributed by atoms with Crippen molar-refractivity contribution in [2.75, 3.05) is 13.7 Å². The molecule has 0 aliphatic heterocycles. The molecule has 0 saturated carbocycles. The van der Waals surface area contributed by atoms with E-state index in [1.165, 1.54) is 6.20 Å². The average molecular weight is 292 g/mol. The minimum atomic E-state index is -0.253. The standard InChI is InChI=1S/C13H20N6O2/c1-4-11-10(7-14-17-11)13(20)16-9(2)12-18-15-8-19(12)5-6-21-3/h7-9H,4-6H2,1-3H3,(H,14,17)(H,16,20)/t9-/m1/s1. The number of hydrogen-bond donors (Lipinski definition) is 2. The number of nitrogens with zero attached hydrogens (tertiary/aromatic N) is 4. The lowest BCUT2D eigenvalue weighted by molar-refractivity contribution is 0.0936. The van der Waals surface area contributed by atoms with Gasteiger partial charge in [0.15, 0.2) is 5.82 Å². The lowest BCUT2D eigenvalue weighted by Crippen LogP contribution is -2.29. The predicted octanol–water partition coefficient (Wildman–Crippen LogP) is 0.701. The lowest BCUT2D eigenvalue weighted by atomic mass is 10.2. The van der Waals surface area contributed by atoms with Crippen molar-refractivity contribution >= 4 is 5.91 Å². The van der Waals surface area contributed by atoms with Crippen molar-refractivity contribution in [2.45, 2.75) is 32.9 Å². The molecule has 2 heterocycles. The summed E-state index contributed by atoms with van der Waals surface area (Å²) in [7, 11) is 1.64. The highest BCUT2D eigenvalue weighted by molar-refractivity contribution is 5.95. The number of hydrogen-bond acceptors (Lipinski definition) is 5. The number of carbonyl (C=O) groups excluding carboxylic acids is 1. The molecule has 1 amide bonds. The number of nitrogens with one attached hydrogen (secondary N) is 2. The Hall–Kier alpha value is -2.22. The normalized spacial score (nSPS) is 12.3. The van der Waals surface area contributed by atoms with E-state index in [0.29, 0.717) is 24.5 Å². The molecule has 0 aliphatic carbocycles. The van der Waals surface area contributed by atoms with Gasteiger partial charge in [-0.15, -0.1) is 10.2 Å². The fourth-order valence-electron chi connectivity index (χ4n) is 2.08. The van der Waals surface area contributed by atoms with Gasteiger partial charge >= 0.3 is 0 Å². The van der Waals surface area contributed by atoms with E-state index in [1.807, 2.05) is 18.4 Å². The second-order valence-electron chi connectivity index (χ2n) is 4.69. The van der Waals surface area contributed by atoms with E-state index in [-0.39, 0.29) is 11.9 Å². The Morgan fingerprint density at radius 1 is 1.57 bits per heavy atom. The maximum absolute atomic E-state index is 12.3. The monoisotopic (exact) mass is 292 g/mol. The van der Waals surface area contributed by atoms with Gasteiger partial charge in [-0.05, 0) is 13.3 Å². The van der Waals surface area contributed by atoms with Gasteiger partial charge in [0.25, 0.3) is 5.91 Å². The van der Waals surface area contributed by atoms with Crippen molar-refractivity contribution in [3.63, 3.8) is 0 Å². The first-order valence-electron chi connectivity index (χ1n) is 6.87. The Labute approximate surface area is 122 Å². The van der Waals surface area contributed by atoms with Gasteiger partial charge < -0.3 is 14.6 Å². The van der Waals surface area contributed by atoms with Crippen LogP contribution in [0.15, 0.2) is 12.5 Å². The van der Waals surface area contributed by atoms with Crippen LogP contribution in [0.2, 0.25) is 0 Å². The van der Waals surface area contributed by atoms with Crippen molar-refractivity contribution < 1.29 is 9.53 Å². The maximum atomic E-state index is 12.3. The van der Waals surface area contributed by atoms with Crippen molar-refractivity contribution in [1.82, 2.24) is 30.3 Å². The Morgan fingerprint density at radius 2 is 2.38 bits per heavy atom. The topological polar surface area (TPSA) is 97.7 Å². The molecule has 2 N–H and O–H groups in total. The molecule has 0 aromatic carbocycles. The van der Waals surface area contributed by atoms with Crippen molar-refractivity contribution in [3.8, 4) is 0 Å². The number of aromatic amines is 1. The second-order valence-corrected chi connectivity index (χ2v) is 4.69. The highest BCUT2D eigenvalue weighted by Gasteiger charge is 2.19. The fraction of sp³-hybridized carbons (Fsp3) is 0.538. The Bertz CT molecular complexity index is 591. The molecule has 114 valence electrons. The van der Waals surface area contributed by atoms with Crippen LogP contribution in [0.1, 0.15) is 41.8 Å². The smallest absolute Gasteiger partial charge is 0.255 e. The lowest BCUT2D eigenvalue weighted by Gasteiger charge is -2.14. The van der Waals surface area contributed by atoms with Gasteiger partial charge in [0.2, 0.25) is 0 Å². The summed E-state index contributed by atoms with van der Waals surface area (Å²) in [5.74, 6) is 0.524. The van der Waals surface area contributed by atoms with Gasteiger partial charge in [0.1, 0.15) is 6.33 Å². The third-order valence-electron chi connectivity index (χ3n) is 3.23. The summed E-state index contributed by atoms with van der Waals surface area (Å²) in [5.41, 5.74) is 1.38. The van der Waals surface area contributed by atoms with Crippen molar-refractivity contribution in [1.29, 1.82) is 0 Å². The van der Waals surface area contributed by atoms with E-state index < -0.39 is 0 Å². The van der Waals surface area contributed by atoms with Gasteiger partial charge in [0.05, 0.1) is 24.4 Å². The molecule has 0 aliphatic rings.